The van der Waals surface area contributed by atoms with E-state index in [1.54, 1.807) is 24.3 Å². The highest BCUT2D eigenvalue weighted by Gasteiger charge is 2.07. The fourth-order valence-corrected chi connectivity index (χ4v) is 1.49. The molecule has 4 nitrogen and oxygen atoms in total. The summed E-state index contributed by atoms with van der Waals surface area (Å²) < 4.78 is 1.32. The van der Waals surface area contributed by atoms with Crippen molar-refractivity contribution in [3.05, 3.63) is 46.1 Å². The van der Waals surface area contributed by atoms with Crippen molar-refractivity contribution in [2.45, 2.75) is 0 Å². The molecule has 5 heteroatoms. The molecule has 0 saturated heterocycles. The minimum Gasteiger partial charge on any atom is -0.397 e. The summed E-state index contributed by atoms with van der Waals surface area (Å²) in [4.78, 5) is 13.8. The number of aromatic nitrogens is 2. The number of anilines is 1. The molecule has 0 amide bonds. The molecule has 0 spiro atoms. The zero-order valence-electron chi connectivity index (χ0n) is 7.20. The number of hydrogen-bond donors (Lipinski definition) is 2. The molecule has 3 N–H and O–H groups in total. The molecule has 2 aromatic rings. The molecule has 1 aromatic carbocycles. The molecule has 0 aliphatic heterocycles. The monoisotopic (exact) mass is 209 g/mol. The summed E-state index contributed by atoms with van der Waals surface area (Å²) in [6.07, 6.45) is 1.43. The normalized spacial score (nSPS) is 10.4. The molecule has 0 atom stereocenters. The molecule has 1 aromatic heterocycles. The first kappa shape index (κ1) is 8.90. The standard InChI is InChI=1S/C9H8ClN3O/c10-8-5-12-9(14)13(8)7-4-2-1-3-6(7)11/h1-5H,11H2,(H,12,14). The first-order valence-electron chi connectivity index (χ1n) is 4.01. The molecule has 0 saturated carbocycles. The molecular formula is C9H8ClN3O. The maximum Gasteiger partial charge on any atom is 0.331 e. The van der Waals surface area contributed by atoms with Crippen molar-refractivity contribution < 1.29 is 0 Å². The summed E-state index contributed by atoms with van der Waals surface area (Å²) in [5, 5.41) is 0.313. The average Bonchev–Trinajstić information content (AvgIpc) is 2.48. The van der Waals surface area contributed by atoms with Gasteiger partial charge in [0.05, 0.1) is 11.4 Å². The van der Waals surface area contributed by atoms with Gasteiger partial charge in [-0.2, -0.15) is 0 Å². The van der Waals surface area contributed by atoms with Crippen LogP contribution in [-0.2, 0) is 0 Å². The molecule has 14 heavy (non-hydrogen) atoms. The Labute approximate surface area is 84.9 Å². The van der Waals surface area contributed by atoms with E-state index in [2.05, 4.69) is 4.98 Å². The predicted molar refractivity (Wildman–Crippen MR) is 55.8 cm³/mol. The second-order valence-electron chi connectivity index (χ2n) is 2.81. The third kappa shape index (κ3) is 1.29. The van der Waals surface area contributed by atoms with E-state index in [1.165, 1.54) is 10.8 Å². The number of aromatic amines is 1. The highest BCUT2D eigenvalue weighted by Crippen LogP contribution is 2.18. The Morgan fingerprint density at radius 1 is 1.36 bits per heavy atom. The van der Waals surface area contributed by atoms with E-state index in [4.69, 9.17) is 17.3 Å². The zero-order chi connectivity index (χ0) is 10.1. The van der Waals surface area contributed by atoms with Gasteiger partial charge in [0, 0.05) is 6.20 Å². The zero-order valence-corrected chi connectivity index (χ0v) is 7.95. The number of H-pyrrole nitrogens is 1. The van der Waals surface area contributed by atoms with Crippen molar-refractivity contribution in [2.75, 3.05) is 5.73 Å². The van der Waals surface area contributed by atoms with Crippen molar-refractivity contribution in [1.82, 2.24) is 9.55 Å². The van der Waals surface area contributed by atoms with Gasteiger partial charge in [-0.3, -0.25) is 0 Å². The minimum absolute atomic E-state index is 0.298. The number of hydrogen-bond acceptors (Lipinski definition) is 2. The van der Waals surface area contributed by atoms with Crippen molar-refractivity contribution >= 4 is 17.3 Å². The van der Waals surface area contributed by atoms with E-state index in [1.807, 2.05) is 0 Å². The van der Waals surface area contributed by atoms with Gasteiger partial charge in [-0.15, -0.1) is 0 Å². The molecular weight excluding hydrogens is 202 g/mol. The second-order valence-corrected chi connectivity index (χ2v) is 3.20. The Kier molecular flexibility index (Phi) is 2.05. The second kappa shape index (κ2) is 3.23. The molecule has 72 valence electrons. The van der Waals surface area contributed by atoms with E-state index < -0.39 is 0 Å². The lowest BCUT2D eigenvalue weighted by Crippen LogP contribution is -2.16. The Balaban J connectivity index is 2.72. The van der Waals surface area contributed by atoms with Crippen molar-refractivity contribution in [1.29, 1.82) is 0 Å². The van der Waals surface area contributed by atoms with Crippen molar-refractivity contribution in [3.8, 4) is 5.69 Å². The third-order valence-corrected chi connectivity index (χ3v) is 2.19. The average molecular weight is 210 g/mol. The highest BCUT2D eigenvalue weighted by atomic mass is 35.5. The lowest BCUT2D eigenvalue weighted by Gasteiger charge is -2.05. The van der Waals surface area contributed by atoms with Crippen LogP contribution in [0.15, 0.2) is 35.3 Å². The van der Waals surface area contributed by atoms with Crippen molar-refractivity contribution in [2.24, 2.45) is 0 Å². The summed E-state index contributed by atoms with van der Waals surface area (Å²) in [6.45, 7) is 0. The molecule has 1 heterocycles. The molecule has 0 radical (unpaired) electrons. The summed E-state index contributed by atoms with van der Waals surface area (Å²) in [7, 11) is 0. The first-order valence-corrected chi connectivity index (χ1v) is 4.39. The first-order chi connectivity index (χ1) is 6.70. The predicted octanol–water partition coefficient (Wildman–Crippen LogP) is 1.40. The smallest absolute Gasteiger partial charge is 0.331 e. The molecule has 0 unspecified atom stereocenters. The summed E-state index contributed by atoms with van der Waals surface area (Å²) in [6, 6.07) is 7.04. The fraction of sp³-hybridized carbons (Fsp3) is 0. The van der Waals surface area contributed by atoms with Crippen LogP contribution in [0.25, 0.3) is 5.69 Å². The molecule has 0 aliphatic carbocycles. The van der Waals surface area contributed by atoms with Crippen LogP contribution >= 0.6 is 11.6 Å². The largest absolute Gasteiger partial charge is 0.397 e. The van der Waals surface area contributed by atoms with E-state index in [-0.39, 0.29) is 5.69 Å². The Morgan fingerprint density at radius 2 is 2.07 bits per heavy atom. The van der Waals surface area contributed by atoms with Crippen LogP contribution in [0, 0.1) is 0 Å². The van der Waals surface area contributed by atoms with E-state index in [0.717, 1.165) is 0 Å². The van der Waals surface area contributed by atoms with Crippen molar-refractivity contribution in [3.63, 3.8) is 0 Å². The fourth-order valence-electron chi connectivity index (χ4n) is 1.26. The van der Waals surface area contributed by atoms with Crippen LogP contribution in [-0.4, -0.2) is 9.55 Å². The Bertz CT molecular complexity index is 515. The van der Waals surface area contributed by atoms with Crippen LogP contribution in [0.4, 0.5) is 5.69 Å². The van der Waals surface area contributed by atoms with E-state index in [0.29, 0.717) is 16.5 Å². The summed E-state index contributed by atoms with van der Waals surface area (Å²) >= 11 is 5.83. The number of benzene rings is 1. The van der Waals surface area contributed by atoms with Gasteiger partial charge >= 0.3 is 5.69 Å². The number of imidazole rings is 1. The van der Waals surface area contributed by atoms with Crippen LogP contribution in [0.3, 0.4) is 0 Å². The Hall–Kier alpha value is -1.68. The van der Waals surface area contributed by atoms with Gasteiger partial charge in [-0.1, -0.05) is 23.7 Å². The van der Waals surface area contributed by atoms with Gasteiger partial charge in [0.2, 0.25) is 0 Å². The van der Waals surface area contributed by atoms with Gasteiger partial charge in [-0.25, -0.2) is 9.36 Å². The maximum absolute atomic E-state index is 11.4. The number of para-hydroxylation sites is 2. The summed E-state index contributed by atoms with van der Waals surface area (Å²) in [5.74, 6) is 0. The summed E-state index contributed by atoms with van der Waals surface area (Å²) in [5.41, 5.74) is 6.52. The number of nitrogens with zero attached hydrogens (tertiary/aromatic N) is 1. The maximum atomic E-state index is 11.4. The number of nitrogens with one attached hydrogen (secondary N) is 1. The SMILES string of the molecule is Nc1ccccc1-n1c(Cl)c[nH]c1=O. The van der Waals surface area contributed by atoms with Gasteiger partial charge in [0.1, 0.15) is 5.15 Å². The topological polar surface area (TPSA) is 63.8 Å². The van der Waals surface area contributed by atoms with Crippen LogP contribution in [0.1, 0.15) is 0 Å². The van der Waals surface area contributed by atoms with Crippen LogP contribution in [0.2, 0.25) is 5.15 Å². The number of nitrogen functional groups attached to an aromatic ring is 1. The van der Waals surface area contributed by atoms with Crippen LogP contribution < -0.4 is 11.4 Å². The molecule has 0 fully saturated rings. The molecule has 0 aliphatic rings. The molecule has 2 rings (SSSR count). The third-order valence-electron chi connectivity index (χ3n) is 1.91. The lowest BCUT2D eigenvalue weighted by atomic mass is 10.3. The number of nitrogens with two attached hydrogens (primary N) is 1. The van der Waals surface area contributed by atoms with E-state index >= 15 is 0 Å². The van der Waals surface area contributed by atoms with Gasteiger partial charge in [0.25, 0.3) is 0 Å². The highest BCUT2D eigenvalue weighted by molar-refractivity contribution is 6.29. The van der Waals surface area contributed by atoms with Gasteiger partial charge in [0.15, 0.2) is 0 Å². The van der Waals surface area contributed by atoms with Gasteiger partial charge < -0.3 is 10.7 Å². The molecule has 0 bridgehead atoms. The van der Waals surface area contributed by atoms with E-state index in [9.17, 15) is 4.79 Å². The number of halogens is 1. The minimum atomic E-state index is -0.298. The quantitative estimate of drug-likeness (QED) is 0.698. The van der Waals surface area contributed by atoms with Gasteiger partial charge in [-0.05, 0) is 12.1 Å². The Morgan fingerprint density at radius 3 is 2.64 bits per heavy atom. The number of rotatable bonds is 1. The van der Waals surface area contributed by atoms with Crippen LogP contribution in [0.5, 0.6) is 0 Å². The lowest BCUT2D eigenvalue weighted by molar-refractivity contribution is 0.990.